The molecule has 61 valence electrons. The smallest absolute Gasteiger partial charge is 0.418 e. The Kier molecular flexibility index (Phi) is 4.17. The van der Waals surface area contributed by atoms with Crippen LogP contribution in [0.15, 0.2) is 18.6 Å². The predicted molar refractivity (Wildman–Crippen MR) is 31.1 cm³/mol. The third-order valence-electron chi connectivity index (χ3n) is 0.434. The van der Waals surface area contributed by atoms with Crippen molar-refractivity contribution < 1.29 is 17.3 Å². The SMILES string of the molecule is F[B-](F)(F)F.[c]1cnccn1. The van der Waals surface area contributed by atoms with Crippen LogP contribution in [0.25, 0.3) is 0 Å². The molecule has 0 aromatic carbocycles. The summed E-state index contributed by atoms with van der Waals surface area (Å²) in [4.78, 5) is 7.26. The van der Waals surface area contributed by atoms with Gasteiger partial charge in [0.05, 0.1) is 6.20 Å². The van der Waals surface area contributed by atoms with Crippen molar-refractivity contribution in [2.45, 2.75) is 0 Å². The minimum atomic E-state index is -6.00. The molecule has 0 saturated carbocycles. The summed E-state index contributed by atoms with van der Waals surface area (Å²) in [7, 11) is -6.00. The molecule has 0 spiro atoms. The molecule has 2 nitrogen and oxygen atoms in total. The fraction of sp³-hybridized carbons (Fsp3) is 0. The molecule has 1 heterocycles. The highest BCUT2D eigenvalue weighted by Gasteiger charge is 2.20. The fourth-order valence-electron chi connectivity index (χ4n) is 0.225. The molecule has 1 radical (unpaired) electrons. The van der Waals surface area contributed by atoms with Crippen molar-refractivity contribution in [3.05, 3.63) is 24.8 Å². The zero-order valence-corrected chi connectivity index (χ0v) is 5.22. The van der Waals surface area contributed by atoms with Crippen LogP contribution in [-0.2, 0) is 0 Å². The summed E-state index contributed by atoms with van der Waals surface area (Å²) in [5, 5.41) is 0. The van der Waals surface area contributed by atoms with Gasteiger partial charge in [0.15, 0.2) is 0 Å². The summed E-state index contributed by atoms with van der Waals surface area (Å²) in [5.74, 6) is 0. The molecule has 0 atom stereocenters. The van der Waals surface area contributed by atoms with Gasteiger partial charge >= 0.3 is 7.25 Å². The minimum absolute atomic E-state index is 1.51. The Morgan fingerprint density at radius 2 is 1.64 bits per heavy atom. The number of halogens is 4. The monoisotopic (exact) mass is 166 g/mol. The minimum Gasteiger partial charge on any atom is -0.418 e. The van der Waals surface area contributed by atoms with E-state index in [2.05, 4.69) is 16.2 Å². The Morgan fingerprint density at radius 3 is 1.73 bits per heavy atom. The summed E-state index contributed by atoms with van der Waals surface area (Å²) in [6, 6.07) is 0. The number of nitrogens with zero attached hydrogens (tertiary/aromatic N) is 2. The van der Waals surface area contributed by atoms with Gasteiger partial charge in [-0.1, -0.05) is 0 Å². The Labute approximate surface area is 60.4 Å². The normalized spacial score (nSPS) is 9.82. The van der Waals surface area contributed by atoms with Gasteiger partial charge in [-0.25, -0.2) is 0 Å². The molecule has 0 bridgehead atoms. The first-order valence-corrected chi connectivity index (χ1v) is 2.49. The van der Waals surface area contributed by atoms with E-state index in [0.29, 0.717) is 0 Å². The highest BCUT2D eigenvalue weighted by Crippen LogP contribution is 2.06. The molecule has 0 aliphatic carbocycles. The van der Waals surface area contributed by atoms with Gasteiger partial charge in [-0.2, -0.15) is 0 Å². The molecule has 7 heteroatoms. The van der Waals surface area contributed by atoms with Crippen LogP contribution in [0.3, 0.4) is 0 Å². The van der Waals surface area contributed by atoms with E-state index < -0.39 is 7.25 Å². The number of hydrogen-bond acceptors (Lipinski definition) is 2. The first-order chi connectivity index (χ1) is 5.00. The van der Waals surface area contributed by atoms with Crippen LogP contribution in [0.1, 0.15) is 0 Å². The van der Waals surface area contributed by atoms with E-state index in [4.69, 9.17) is 0 Å². The lowest BCUT2D eigenvalue weighted by molar-refractivity contribution is 0.368. The van der Waals surface area contributed by atoms with Gasteiger partial charge in [0, 0.05) is 12.4 Å². The fourth-order valence-corrected chi connectivity index (χ4v) is 0.225. The van der Waals surface area contributed by atoms with E-state index in [0.717, 1.165) is 0 Å². The van der Waals surface area contributed by atoms with Gasteiger partial charge in [0.25, 0.3) is 0 Å². The molecule has 0 aliphatic heterocycles. The van der Waals surface area contributed by atoms with Crippen molar-refractivity contribution in [1.82, 2.24) is 9.97 Å². The van der Waals surface area contributed by atoms with Gasteiger partial charge < -0.3 is 17.3 Å². The average molecular weight is 166 g/mol. The van der Waals surface area contributed by atoms with Crippen LogP contribution in [0, 0.1) is 6.20 Å². The lowest BCUT2D eigenvalue weighted by Crippen LogP contribution is -2.02. The van der Waals surface area contributed by atoms with E-state index >= 15 is 0 Å². The number of hydrogen-bond donors (Lipinski definition) is 0. The van der Waals surface area contributed by atoms with Crippen LogP contribution >= 0.6 is 0 Å². The van der Waals surface area contributed by atoms with Crippen molar-refractivity contribution in [3.8, 4) is 0 Å². The first kappa shape index (κ1) is 9.86. The van der Waals surface area contributed by atoms with Gasteiger partial charge in [-0.05, 0) is 0 Å². The Bertz CT molecular complexity index is 144. The van der Waals surface area contributed by atoms with Gasteiger partial charge in [-0.15, -0.1) is 0 Å². The molecular formula is C4H3BF4N2-. The standard InChI is InChI=1S/C4H3N2.BF4/c1-2-6-4-3-5-1;2-1(3,4)5/h1-3H;/q;-1. The molecule has 0 unspecified atom stereocenters. The summed E-state index contributed by atoms with van der Waals surface area (Å²) in [5.41, 5.74) is 0. The summed E-state index contributed by atoms with van der Waals surface area (Å²) >= 11 is 0. The first-order valence-electron chi connectivity index (χ1n) is 2.49. The van der Waals surface area contributed by atoms with Gasteiger partial charge in [0.2, 0.25) is 0 Å². The predicted octanol–water partition coefficient (Wildman–Crippen LogP) is 1.58. The maximum absolute atomic E-state index is 9.75. The van der Waals surface area contributed by atoms with Crippen LogP contribution in [0.2, 0.25) is 0 Å². The third-order valence-corrected chi connectivity index (χ3v) is 0.434. The second-order valence-electron chi connectivity index (χ2n) is 1.33. The van der Waals surface area contributed by atoms with E-state index in [-0.39, 0.29) is 0 Å². The molecule has 1 rings (SSSR count). The van der Waals surface area contributed by atoms with E-state index in [1.165, 1.54) is 6.20 Å². The highest BCUT2D eigenvalue weighted by atomic mass is 19.5. The summed E-state index contributed by atoms with van der Waals surface area (Å²) < 4.78 is 39.0. The highest BCUT2D eigenvalue weighted by molar-refractivity contribution is 6.50. The van der Waals surface area contributed by atoms with Crippen LogP contribution < -0.4 is 0 Å². The van der Waals surface area contributed by atoms with Crippen molar-refractivity contribution in [1.29, 1.82) is 0 Å². The van der Waals surface area contributed by atoms with E-state index in [1.54, 1.807) is 12.4 Å². The second-order valence-corrected chi connectivity index (χ2v) is 1.33. The van der Waals surface area contributed by atoms with Crippen molar-refractivity contribution >= 4 is 7.25 Å². The van der Waals surface area contributed by atoms with Gasteiger partial charge in [-0.3, -0.25) is 9.97 Å². The molecule has 0 fully saturated rings. The van der Waals surface area contributed by atoms with Crippen LogP contribution in [0.5, 0.6) is 0 Å². The van der Waals surface area contributed by atoms with E-state index in [1.807, 2.05) is 0 Å². The third kappa shape index (κ3) is 17.7. The molecule has 0 N–H and O–H groups in total. The quantitative estimate of drug-likeness (QED) is 0.431. The molecule has 11 heavy (non-hydrogen) atoms. The van der Waals surface area contributed by atoms with Crippen LogP contribution in [-0.4, -0.2) is 17.2 Å². The van der Waals surface area contributed by atoms with Crippen molar-refractivity contribution in [2.75, 3.05) is 0 Å². The number of rotatable bonds is 0. The molecular weight excluding hydrogens is 163 g/mol. The topological polar surface area (TPSA) is 25.8 Å². The summed E-state index contributed by atoms with van der Waals surface area (Å²) in [6.45, 7) is 0. The summed E-state index contributed by atoms with van der Waals surface area (Å²) in [6.07, 6.45) is 7.24. The van der Waals surface area contributed by atoms with Crippen molar-refractivity contribution in [2.24, 2.45) is 0 Å². The largest absolute Gasteiger partial charge is 0.673 e. The maximum Gasteiger partial charge on any atom is 0.673 e. The zero-order valence-electron chi connectivity index (χ0n) is 5.22. The molecule has 0 aliphatic rings. The lowest BCUT2D eigenvalue weighted by atomic mass is 10.3. The second kappa shape index (κ2) is 4.65. The molecule has 1 aromatic heterocycles. The molecule has 0 amide bonds. The number of aromatic nitrogens is 2. The maximum atomic E-state index is 9.75. The van der Waals surface area contributed by atoms with Crippen molar-refractivity contribution in [3.63, 3.8) is 0 Å². The Hall–Kier alpha value is -1.14. The average Bonchev–Trinajstić information content (AvgIpc) is 1.88. The molecule has 0 saturated heterocycles. The lowest BCUT2D eigenvalue weighted by Gasteiger charge is -1.94. The van der Waals surface area contributed by atoms with E-state index in [9.17, 15) is 17.3 Å². The van der Waals surface area contributed by atoms with Gasteiger partial charge in [0.1, 0.15) is 6.20 Å². The molecule has 1 aromatic rings. The van der Waals surface area contributed by atoms with Crippen LogP contribution in [0.4, 0.5) is 17.3 Å². The Morgan fingerprint density at radius 1 is 1.09 bits per heavy atom. The Balaban J connectivity index is 0.000000187. The zero-order chi connectivity index (χ0) is 8.74.